The van der Waals surface area contributed by atoms with Crippen molar-refractivity contribution in [3.63, 3.8) is 0 Å². The van der Waals surface area contributed by atoms with Crippen molar-refractivity contribution >= 4 is 11.0 Å². The molecule has 17 heavy (non-hydrogen) atoms. The first kappa shape index (κ1) is 9.60. The summed E-state index contributed by atoms with van der Waals surface area (Å²) in [7, 11) is 0. The lowest BCUT2D eigenvalue weighted by atomic mass is 10.3. The van der Waals surface area contributed by atoms with Crippen LogP contribution in [-0.4, -0.2) is 19.5 Å². The Morgan fingerprint density at radius 3 is 3.12 bits per heavy atom. The number of aromatic amines is 1. The molecule has 0 unspecified atom stereocenters. The summed E-state index contributed by atoms with van der Waals surface area (Å²) >= 11 is 0. The number of benzene rings is 1. The van der Waals surface area contributed by atoms with E-state index in [2.05, 4.69) is 21.0 Å². The fourth-order valence-electron chi connectivity index (χ4n) is 1.78. The Kier molecular flexibility index (Phi) is 2.12. The van der Waals surface area contributed by atoms with Crippen molar-refractivity contribution in [1.82, 2.24) is 19.5 Å². The van der Waals surface area contributed by atoms with Crippen molar-refractivity contribution in [3.8, 4) is 11.8 Å². The van der Waals surface area contributed by atoms with Gasteiger partial charge in [0.05, 0.1) is 29.9 Å². The van der Waals surface area contributed by atoms with Gasteiger partial charge in [0, 0.05) is 18.1 Å². The molecular weight excluding hydrogens is 214 g/mol. The molecule has 0 saturated carbocycles. The predicted molar refractivity (Wildman–Crippen MR) is 62.5 cm³/mol. The number of H-pyrrole nitrogens is 1. The van der Waals surface area contributed by atoms with E-state index in [-0.39, 0.29) is 0 Å². The van der Waals surface area contributed by atoms with E-state index in [1.54, 1.807) is 12.5 Å². The molecule has 3 aromatic rings. The zero-order valence-corrected chi connectivity index (χ0v) is 8.96. The van der Waals surface area contributed by atoms with Gasteiger partial charge in [-0.15, -0.1) is 0 Å². The molecule has 5 nitrogen and oxygen atoms in total. The highest BCUT2D eigenvalue weighted by Crippen LogP contribution is 2.16. The maximum Gasteiger partial charge on any atom is 0.121 e. The third-order valence-corrected chi connectivity index (χ3v) is 2.56. The van der Waals surface area contributed by atoms with E-state index in [0.29, 0.717) is 12.2 Å². The van der Waals surface area contributed by atoms with Gasteiger partial charge in [-0.3, -0.25) is 0 Å². The van der Waals surface area contributed by atoms with Crippen LogP contribution in [0.1, 0.15) is 5.82 Å². The number of rotatable bonds is 2. The Balaban J connectivity index is 2.10. The summed E-state index contributed by atoms with van der Waals surface area (Å²) in [6.45, 7) is 0. The number of nitriles is 1. The summed E-state index contributed by atoms with van der Waals surface area (Å²) in [5, 5.41) is 8.63. The number of imidazole rings is 2. The fourth-order valence-corrected chi connectivity index (χ4v) is 1.78. The number of hydrogen-bond acceptors (Lipinski definition) is 3. The van der Waals surface area contributed by atoms with Crippen LogP contribution in [0.15, 0.2) is 36.9 Å². The molecule has 0 saturated heterocycles. The van der Waals surface area contributed by atoms with E-state index < -0.39 is 0 Å². The summed E-state index contributed by atoms with van der Waals surface area (Å²) in [5.41, 5.74) is 2.82. The SMILES string of the molecule is N#CCc1nc2ccc(-n3ccnc3)cc2[nH]1. The minimum absolute atomic E-state index is 0.301. The van der Waals surface area contributed by atoms with Gasteiger partial charge >= 0.3 is 0 Å². The second-order valence-electron chi connectivity index (χ2n) is 3.69. The zero-order chi connectivity index (χ0) is 11.7. The Morgan fingerprint density at radius 2 is 2.35 bits per heavy atom. The summed E-state index contributed by atoms with van der Waals surface area (Å²) in [6.07, 6.45) is 5.66. The number of hydrogen-bond donors (Lipinski definition) is 1. The van der Waals surface area contributed by atoms with Crippen LogP contribution in [0.4, 0.5) is 0 Å². The van der Waals surface area contributed by atoms with Crippen LogP contribution in [0.5, 0.6) is 0 Å². The molecule has 0 spiro atoms. The summed E-state index contributed by atoms with van der Waals surface area (Å²) in [4.78, 5) is 11.5. The van der Waals surface area contributed by atoms with Crippen molar-refractivity contribution in [2.75, 3.05) is 0 Å². The molecular formula is C12H9N5. The Labute approximate surface area is 97.4 Å². The maximum absolute atomic E-state index is 8.63. The number of nitrogens with zero attached hydrogens (tertiary/aromatic N) is 4. The van der Waals surface area contributed by atoms with Crippen LogP contribution >= 0.6 is 0 Å². The maximum atomic E-state index is 8.63. The first-order valence-corrected chi connectivity index (χ1v) is 5.21. The lowest BCUT2D eigenvalue weighted by molar-refractivity contribution is 1.06. The van der Waals surface area contributed by atoms with Crippen LogP contribution in [0, 0.1) is 11.3 Å². The highest BCUT2D eigenvalue weighted by molar-refractivity contribution is 5.77. The molecule has 2 heterocycles. The van der Waals surface area contributed by atoms with Gasteiger partial charge in [0.25, 0.3) is 0 Å². The molecule has 2 aromatic heterocycles. The van der Waals surface area contributed by atoms with Gasteiger partial charge in [-0.05, 0) is 18.2 Å². The van der Waals surface area contributed by atoms with E-state index in [0.717, 1.165) is 16.7 Å². The largest absolute Gasteiger partial charge is 0.341 e. The van der Waals surface area contributed by atoms with Crippen LogP contribution in [-0.2, 0) is 6.42 Å². The normalized spacial score (nSPS) is 10.5. The smallest absolute Gasteiger partial charge is 0.121 e. The summed E-state index contributed by atoms with van der Waals surface area (Å²) in [5.74, 6) is 0.699. The van der Waals surface area contributed by atoms with E-state index in [4.69, 9.17) is 5.26 Å². The Bertz CT molecular complexity index is 687. The number of fused-ring (bicyclic) bond motifs is 1. The molecule has 3 rings (SSSR count). The van der Waals surface area contributed by atoms with Gasteiger partial charge in [0.15, 0.2) is 0 Å². The van der Waals surface area contributed by atoms with Gasteiger partial charge in [0.1, 0.15) is 5.82 Å². The predicted octanol–water partition coefficient (Wildman–Crippen LogP) is 1.81. The number of aromatic nitrogens is 4. The highest BCUT2D eigenvalue weighted by Gasteiger charge is 2.04. The van der Waals surface area contributed by atoms with Crippen molar-refractivity contribution < 1.29 is 0 Å². The summed E-state index contributed by atoms with van der Waals surface area (Å²) < 4.78 is 1.92. The Hall–Kier alpha value is -2.61. The third kappa shape index (κ3) is 1.66. The first-order valence-electron chi connectivity index (χ1n) is 5.21. The van der Waals surface area contributed by atoms with E-state index in [1.165, 1.54) is 0 Å². The van der Waals surface area contributed by atoms with Gasteiger partial charge in [-0.2, -0.15) is 5.26 Å². The molecule has 5 heteroatoms. The summed E-state index contributed by atoms with van der Waals surface area (Å²) in [6, 6.07) is 7.97. The average molecular weight is 223 g/mol. The van der Waals surface area contributed by atoms with Crippen LogP contribution in [0.25, 0.3) is 16.7 Å². The first-order chi connectivity index (χ1) is 8.36. The van der Waals surface area contributed by atoms with E-state index in [1.807, 2.05) is 29.0 Å². The van der Waals surface area contributed by atoms with Crippen molar-refractivity contribution in [1.29, 1.82) is 5.26 Å². The van der Waals surface area contributed by atoms with Crippen LogP contribution < -0.4 is 0 Å². The molecule has 0 radical (unpaired) electrons. The molecule has 0 fully saturated rings. The molecule has 0 bridgehead atoms. The molecule has 82 valence electrons. The standard InChI is InChI=1S/C12H9N5/c13-4-3-12-15-10-2-1-9(7-11(10)16-12)17-6-5-14-8-17/h1-2,5-8H,3H2,(H,15,16). The molecule has 1 aromatic carbocycles. The van der Waals surface area contributed by atoms with Gasteiger partial charge in [-0.1, -0.05) is 0 Å². The van der Waals surface area contributed by atoms with Crippen molar-refractivity contribution in [3.05, 3.63) is 42.7 Å². The monoisotopic (exact) mass is 223 g/mol. The molecule has 0 atom stereocenters. The average Bonchev–Trinajstić information content (AvgIpc) is 2.96. The van der Waals surface area contributed by atoms with Crippen molar-refractivity contribution in [2.45, 2.75) is 6.42 Å². The second kappa shape index (κ2) is 3.76. The van der Waals surface area contributed by atoms with Gasteiger partial charge in [-0.25, -0.2) is 9.97 Å². The minimum atomic E-state index is 0.301. The van der Waals surface area contributed by atoms with E-state index >= 15 is 0 Å². The Morgan fingerprint density at radius 1 is 1.41 bits per heavy atom. The lowest BCUT2D eigenvalue weighted by Gasteiger charge is -2.00. The number of nitrogens with one attached hydrogen (secondary N) is 1. The lowest BCUT2D eigenvalue weighted by Crippen LogP contribution is -1.88. The molecule has 0 aliphatic heterocycles. The molecule has 0 amide bonds. The molecule has 0 aliphatic carbocycles. The second-order valence-corrected chi connectivity index (χ2v) is 3.69. The van der Waals surface area contributed by atoms with Gasteiger partial charge in [0.2, 0.25) is 0 Å². The van der Waals surface area contributed by atoms with Crippen LogP contribution in [0.3, 0.4) is 0 Å². The van der Waals surface area contributed by atoms with Crippen molar-refractivity contribution in [2.24, 2.45) is 0 Å². The minimum Gasteiger partial charge on any atom is -0.341 e. The quantitative estimate of drug-likeness (QED) is 0.720. The zero-order valence-electron chi connectivity index (χ0n) is 8.96. The fraction of sp³-hybridized carbons (Fsp3) is 0.0833. The van der Waals surface area contributed by atoms with Gasteiger partial charge < -0.3 is 9.55 Å². The van der Waals surface area contributed by atoms with Crippen LogP contribution in [0.2, 0.25) is 0 Å². The molecule has 0 aliphatic rings. The molecule has 1 N–H and O–H groups in total. The topological polar surface area (TPSA) is 70.3 Å². The van der Waals surface area contributed by atoms with E-state index in [9.17, 15) is 0 Å². The third-order valence-electron chi connectivity index (χ3n) is 2.56. The highest BCUT2D eigenvalue weighted by atomic mass is 15.0.